The molecule has 1 aromatic rings. The maximum Gasteiger partial charge on any atom is 0.257 e. The van der Waals surface area contributed by atoms with E-state index >= 15 is 0 Å². The van der Waals surface area contributed by atoms with Gasteiger partial charge in [-0.1, -0.05) is 0 Å². The predicted octanol–water partition coefficient (Wildman–Crippen LogP) is 1.81. The lowest BCUT2D eigenvalue weighted by Gasteiger charge is -2.10. The second kappa shape index (κ2) is 7.97. The molecule has 0 bridgehead atoms. The number of nitrogens with one attached hydrogen (secondary N) is 2. The maximum absolute atomic E-state index is 12.1. The molecule has 1 aromatic heterocycles. The molecule has 4 nitrogen and oxygen atoms in total. The summed E-state index contributed by atoms with van der Waals surface area (Å²) in [5.74, 6) is 0.422. The highest BCUT2D eigenvalue weighted by molar-refractivity contribution is 7.11. The molecule has 0 aliphatic heterocycles. The Bertz CT molecular complexity index is 379. The first kappa shape index (κ1) is 14.8. The number of guanidine groups is 1. The van der Waals surface area contributed by atoms with Gasteiger partial charge in [0.2, 0.25) is 0 Å². The zero-order chi connectivity index (χ0) is 13.4. The minimum absolute atomic E-state index is 0.422. The van der Waals surface area contributed by atoms with Crippen LogP contribution in [0, 0.1) is 6.92 Å². The number of hydrogen-bond donors (Lipinski definition) is 2. The van der Waals surface area contributed by atoms with Crippen LogP contribution in [0.25, 0.3) is 0 Å². The highest BCUT2D eigenvalue weighted by Crippen LogP contribution is 2.10. The molecule has 0 aliphatic carbocycles. The Kier molecular flexibility index (Phi) is 6.56. The number of rotatable bonds is 6. The Morgan fingerprint density at radius 3 is 2.83 bits per heavy atom. The number of halogens is 2. The SMILES string of the molecule is CCNC(=NCC(F)F)NCCc1ncc(C)s1. The third kappa shape index (κ3) is 5.90. The van der Waals surface area contributed by atoms with Crippen LogP contribution in [-0.2, 0) is 6.42 Å². The van der Waals surface area contributed by atoms with E-state index in [9.17, 15) is 8.78 Å². The summed E-state index contributed by atoms with van der Waals surface area (Å²) < 4.78 is 24.1. The number of aromatic nitrogens is 1. The highest BCUT2D eigenvalue weighted by atomic mass is 32.1. The van der Waals surface area contributed by atoms with E-state index in [-0.39, 0.29) is 0 Å². The van der Waals surface area contributed by atoms with Crippen molar-refractivity contribution in [2.24, 2.45) is 4.99 Å². The second-order valence-electron chi connectivity index (χ2n) is 3.65. The number of hydrogen-bond acceptors (Lipinski definition) is 3. The number of nitrogens with zero attached hydrogens (tertiary/aromatic N) is 2. The molecule has 0 aliphatic rings. The van der Waals surface area contributed by atoms with E-state index in [1.54, 1.807) is 11.3 Å². The summed E-state index contributed by atoms with van der Waals surface area (Å²) in [6, 6.07) is 0. The highest BCUT2D eigenvalue weighted by Gasteiger charge is 2.03. The van der Waals surface area contributed by atoms with Gasteiger partial charge in [0.1, 0.15) is 6.54 Å². The third-order valence-electron chi connectivity index (χ3n) is 2.03. The lowest BCUT2D eigenvalue weighted by molar-refractivity contribution is 0.158. The van der Waals surface area contributed by atoms with Gasteiger partial charge in [-0.2, -0.15) is 0 Å². The van der Waals surface area contributed by atoms with Gasteiger partial charge in [-0.3, -0.25) is 0 Å². The van der Waals surface area contributed by atoms with Gasteiger partial charge in [0, 0.05) is 30.6 Å². The molecular weight excluding hydrogens is 258 g/mol. The molecular formula is C11H18F2N4S. The Morgan fingerprint density at radius 1 is 1.50 bits per heavy atom. The van der Waals surface area contributed by atoms with Crippen molar-refractivity contribution in [1.82, 2.24) is 15.6 Å². The van der Waals surface area contributed by atoms with Crippen molar-refractivity contribution < 1.29 is 8.78 Å². The lowest BCUT2D eigenvalue weighted by atomic mass is 10.4. The van der Waals surface area contributed by atoms with Gasteiger partial charge in [-0.05, 0) is 13.8 Å². The number of thiazole rings is 1. The fourth-order valence-corrected chi connectivity index (χ4v) is 2.09. The molecule has 7 heteroatoms. The van der Waals surface area contributed by atoms with Crippen LogP contribution in [0.4, 0.5) is 8.78 Å². The standard InChI is InChI=1S/C11H18F2N4S/c1-3-14-11(17-7-9(12)13)15-5-4-10-16-6-8(2)18-10/h6,9H,3-5,7H2,1-2H3,(H2,14,15,17). The van der Waals surface area contributed by atoms with Crippen LogP contribution < -0.4 is 10.6 Å². The summed E-state index contributed by atoms with van der Waals surface area (Å²) in [5, 5.41) is 6.96. The zero-order valence-corrected chi connectivity index (χ0v) is 11.4. The molecule has 0 saturated heterocycles. The molecule has 0 fully saturated rings. The summed E-state index contributed by atoms with van der Waals surface area (Å²) in [7, 11) is 0. The van der Waals surface area contributed by atoms with E-state index in [0.29, 0.717) is 19.0 Å². The van der Waals surface area contributed by atoms with Crippen molar-refractivity contribution in [3.63, 3.8) is 0 Å². The number of aryl methyl sites for hydroxylation is 1. The number of aliphatic imine (C=N–C) groups is 1. The zero-order valence-electron chi connectivity index (χ0n) is 10.5. The molecule has 0 unspecified atom stereocenters. The maximum atomic E-state index is 12.1. The average molecular weight is 276 g/mol. The smallest absolute Gasteiger partial charge is 0.257 e. The minimum atomic E-state index is -2.41. The fourth-order valence-electron chi connectivity index (χ4n) is 1.31. The summed E-state index contributed by atoms with van der Waals surface area (Å²) in [5.41, 5.74) is 0. The van der Waals surface area contributed by atoms with E-state index < -0.39 is 13.0 Å². The van der Waals surface area contributed by atoms with Crippen molar-refractivity contribution in [1.29, 1.82) is 0 Å². The van der Waals surface area contributed by atoms with Gasteiger partial charge in [-0.25, -0.2) is 18.8 Å². The molecule has 1 rings (SSSR count). The van der Waals surface area contributed by atoms with E-state index in [2.05, 4.69) is 20.6 Å². The molecule has 0 spiro atoms. The van der Waals surface area contributed by atoms with Crippen LogP contribution >= 0.6 is 11.3 Å². The van der Waals surface area contributed by atoms with Crippen LogP contribution in [0.3, 0.4) is 0 Å². The lowest BCUT2D eigenvalue weighted by Crippen LogP contribution is -2.38. The Hall–Kier alpha value is -1.24. The fraction of sp³-hybridized carbons (Fsp3) is 0.636. The van der Waals surface area contributed by atoms with Crippen molar-refractivity contribution in [3.05, 3.63) is 16.1 Å². The van der Waals surface area contributed by atoms with E-state index in [4.69, 9.17) is 0 Å². The van der Waals surface area contributed by atoms with Gasteiger partial charge < -0.3 is 10.6 Å². The van der Waals surface area contributed by atoms with E-state index in [1.165, 1.54) is 4.88 Å². The largest absolute Gasteiger partial charge is 0.357 e. The van der Waals surface area contributed by atoms with Crippen LogP contribution in [0.5, 0.6) is 0 Å². The van der Waals surface area contributed by atoms with Gasteiger partial charge in [-0.15, -0.1) is 11.3 Å². The van der Waals surface area contributed by atoms with Gasteiger partial charge >= 0.3 is 0 Å². The van der Waals surface area contributed by atoms with Crippen molar-refractivity contribution in [3.8, 4) is 0 Å². The Balaban J connectivity index is 2.35. The quantitative estimate of drug-likeness (QED) is 0.615. The normalized spacial score (nSPS) is 11.9. The topological polar surface area (TPSA) is 49.3 Å². The van der Waals surface area contributed by atoms with Crippen molar-refractivity contribution >= 4 is 17.3 Å². The van der Waals surface area contributed by atoms with Crippen LogP contribution in [0.1, 0.15) is 16.8 Å². The van der Waals surface area contributed by atoms with Crippen LogP contribution in [-0.4, -0.2) is 37.0 Å². The summed E-state index contributed by atoms with van der Waals surface area (Å²) in [6.45, 7) is 4.69. The first-order valence-corrected chi connectivity index (χ1v) is 6.65. The van der Waals surface area contributed by atoms with Crippen molar-refractivity contribution in [2.45, 2.75) is 26.7 Å². The summed E-state index contributed by atoms with van der Waals surface area (Å²) in [4.78, 5) is 9.18. The molecule has 1 heterocycles. The van der Waals surface area contributed by atoms with Gasteiger partial charge in [0.05, 0.1) is 5.01 Å². The van der Waals surface area contributed by atoms with E-state index in [1.807, 2.05) is 20.0 Å². The Morgan fingerprint density at radius 2 is 2.28 bits per heavy atom. The predicted molar refractivity (Wildman–Crippen MR) is 70.5 cm³/mol. The third-order valence-corrected chi connectivity index (χ3v) is 3.00. The molecule has 0 radical (unpaired) electrons. The molecule has 0 amide bonds. The molecule has 0 atom stereocenters. The van der Waals surface area contributed by atoms with E-state index in [0.717, 1.165) is 11.4 Å². The molecule has 18 heavy (non-hydrogen) atoms. The average Bonchev–Trinajstić information content (AvgIpc) is 2.72. The van der Waals surface area contributed by atoms with Crippen LogP contribution in [0.15, 0.2) is 11.2 Å². The summed E-state index contributed by atoms with van der Waals surface area (Å²) in [6.07, 6.45) is 0.176. The van der Waals surface area contributed by atoms with Crippen LogP contribution in [0.2, 0.25) is 0 Å². The van der Waals surface area contributed by atoms with Crippen molar-refractivity contribution in [2.75, 3.05) is 19.6 Å². The number of alkyl halides is 2. The first-order chi connectivity index (χ1) is 8.61. The molecule has 102 valence electrons. The summed E-state index contributed by atoms with van der Waals surface area (Å²) >= 11 is 1.64. The monoisotopic (exact) mass is 276 g/mol. The second-order valence-corrected chi connectivity index (χ2v) is 4.97. The van der Waals surface area contributed by atoms with Gasteiger partial charge in [0.25, 0.3) is 6.43 Å². The molecule has 0 saturated carbocycles. The molecule has 2 N–H and O–H groups in total. The van der Waals surface area contributed by atoms with Gasteiger partial charge in [0.15, 0.2) is 5.96 Å². The molecule has 0 aromatic carbocycles. The minimum Gasteiger partial charge on any atom is -0.357 e. The Labute approximate surface area is 110 Å². The first-order valence-electron chi connectivity index (χ1n) is 5.83.